The zero-order valence-corrected chi connectivity index (χ0v) is 14.7. The van der Waals surface area contributed by atoms with Gasteiger partial charge >= 0.3 is 0 Å². The van der Waals surface area contributed by atoms with Gasteiger partial charge in [0.2, 0.25) is 5.79 Å². The summed E-state index contributed by atoms with van der Waals surface area (Å²) in [7, 11) is -1.97. The molecule has 0 aliphatic carbocycles. The fraction of sp³-hybridized carbons (Fsp3) is 0.467. The largest absolute Gasteiger partial charge is 0.497 e. The molecule has 2 heterocycles. The Morgan fingerprint density at radius 3 is 2.72 bits per heavy atom. The molecule has 0 spiro atoms. The Labute approximate surface area is 145 Å². The van der Waals surface area contributed by atoms with Crippen molar-refractivity contribution < 1.29 is 26.8 Å². The van der Waals surface area contributed by atoms with E-state index in [1.807, 2.05) is 12.1 Å². The highest BCUT2D eigenvalue weighted by Gasteiger charge is 2.44. The minimum atomic E-state index is -3.55. The summed E-state index contributed by atoms with van der Waals surface area (Å²) < 4.78 is 45.9. The van der Waals surface area contributed by atoms with Crippen LogP contribution in [0.25, 0.3) is 0 Å². The number of ether oxygens (including phenoxy) is 3. The Bertz CT molecular complexity index is 793. The van der Waals surface area contributed by atoms with Gasteiger partial charge in [0, 0.05) is 5.56 Å². The summed E-state index contributed by atoms with van der Waals surface area (Å²) >= 11 is 0. The topological polar surface area (TPSA) is 102 Å². The quantitative estimate of drug-likeness (QED) is 0.652. The maximum absolute atomic E-state index is 11.2. The lowest BCUT2D eigenvalue weighted by atomic mass is 10.1. The summed E-state index contributed by atoms with van der Waals surface area (Å²) in [5.74, 6) is -0.416. The summed E-state index contributed by atoms with van der Waals surface area (Å²) in [5.41, 5.74) is 0.755. The van der Waals surface area contributed by atoms with Crippen LogP contribution in [0, 0.1) is 0 Å². The average molecular weight is 369 g/mol. The molecule has 10 heteroatoms. The predicted molar refractivity (Wildman–Crippen MR) is 86.3 cm³/mol. The molecule has 1 aromatic carbocycles. The van der Waals surface area contributed by atoms with Crippen LogP contribution in [0.15, 0.2) is 36.9 Å². The maximum atomic E-state index is 11.2. The smallest absolute Gasteiger partial charge is 0.264 e. The van der Waals surface area contributed by atoms with Crippen LogP contribution < -0.4 is 4.74 Å². The lowest BCUT2D eigenvalue weighted by molar-refractivity contribution is -0.190. The number of methoxy groups -OCH3 is 1. The molecule has 0 radical (unpaired) electrons. The van der Waals surface area contributed by atoms with Crippen LogP contribution in [0.1, 0.15) is 5.56 Å². The molecule has 9 nitrogen and oxygen atoms in total. The van der Waals surface area contributed by atoms with E-state index in [1.165, 1.54) is 6.33 Å². The molecule has 3 rings (SSSR count). The number of benzene rings is 1. The van der Waals surface area contributed by atoms with Crippen molar-refractivity contribution in [3.05, 3.63) is 42.5 Å². The van der Waals surface area contributed by atoms with Crippen molar-refractivity contribution in [2.24, 2.45) is 0 Å². The standard InChI is InChI=1S/C15H19N3O6S/c1-21-13-5-3-12(4-6-13)15(9-18-11-16-10-17-18)22-7-14(24-15)8-23-25(2,19)20/h3-6,10-11,14H,7-9H2,1-2H3. The molecule has 0 amide bonds. The van der Waals surface area contributed by atoms with Crippen molar-refractivity contribution in [1.29, 1.82) is 0 Å². The van der Waals surface area contributed by atoms with Gasteiger partial charge in [0.15, 0.2) is 0 Å². The molecule has 25 heavy (non-hydrogen) atoms. The minimum absolute atomic E-state index is 0.117. The maximum Gasteiger partial charge on any atom is 0.264 e. The molecule has 1 fully saturated rings. The second-order valence-electron chi connectivity index (χ2n) is 5.61. The van der Waals surface area contributed by atoms with Gasteiger partial charge in [0.1, 0.15) is 31.1 Å². The van der Waals surface area contributed by atoms with Crippen molar-refractivity contribution in [2.75, 3.05) is 26.6 Å². The molecule has 136 valence electrons. The van der Waals surface area contributed by atoms with E-state index in [4.69, 9.17) is 18.4 Å². The highest BCUT2D eigenvalue weighted by Crippen LogP contribution is 2.36. The van der Waals surface area contributed by atoms with Gasteiger partial charge in [0.05, 0.1) is 26.6 Å². The average Bonchev–Trinajstić information content (AvgIpc) is 3.23. The Kier molecular flexibility index (Phi) is 5.04. The molecule has 2 atom stereocenters. The third kappa shape index (κ3) is 4.34. The van der Waals surface area contributed by atoms with E-state index in [0.717, 1.165) is 11.8 Å². The zero-order chi connectivity index (χ0) is 17.9. The van der Waals surface area contributed by atoms with Crippen LogP contribution in [0.3, 0.4) is 0 Å². The summed E-state index contributed by atoms with van der Waals surface area (Å²) in [4.78, 5) is 3.92. The molecule has 1 aliphatic rings. The monoisotopic (exact) mass is 369 g/mol. The first-order chi connectivity index (χ1) is 11.9. The number of nitrogens with zero attached hydrogens (tertiary/aromatic N) is 3. The van der Waals surface area contributed by atoms with E-state index >= 15 is 0 Å². The van der Waals surface area contributed by atoms with Crippen LogP contribution in [0.5, 0.6) is 5.75 Å². The van der Waals surface area contributed by atoms with E-state index in [9.17, 15) is 8.42 Å². The van der Waals surface area contributed by atoms with Gasteiger partial charge in [-0.3, -0.25) is 4.18 Å². The molecule has 1 aliphatic heterocycles. The first kappa shape index (κ1) is 17.8. The van der Waals surface area contributed by atoms with Crippen molar-refractivity contribution in [3.63, 3.8) is 0 Å². The van der Waals surface area contributed by atoms with Crippen LogP contribution in [0.4, 0.5) is 0 Å². The van der Waals surface area contributed by atoms with Crippen LogP contribution >= 0.6 is 0 Å². The Balaban J connectivity index is 1.82. The lowest BCUT2D eigenvalue weighted by Crippen LogP contribution is -2.34. The first-order valence-electron chi connectivity index (χ1n) is 7.53. The second-order valence-corrected chi connectivity index (χ2v) is 7.26. The van der Waals surface area contributed by atoms with E-state index in [-0.39, 0.29) is 19.8 Å². The Morgan fingerprint density at radius 2 is 2.12 bits per heavy atom. The van der Waals surface area contributed by atoms with E-state index < -0.39 is 22.0 Å². The summed E-state index contributed by atoms with van der Waals surface area (Å²) in [6.45, 7) is 0.332. The normalized spacial score (nSPS) is 23.7. The SMILES string of the molecule is COc1ccc(C2(Cn3cncn3)OCC(COS(C)(=O)=O)O2)cc1. The molecular weight excluding hydrogens is 350 g/mol. The van der Waals surface area contributed by atoms with Crippen molar-refractivity contribution in [3.8, 4) is 5.75 Å². The van der Waals surface area contributed by atoms with Gasteiger partial charge in [-0.25, -0.2) is 9.67 Å². The van der Waals surface area contributed by atoms with E-state index in [2.05, 4.69) is 10.1 Å². The van der Waals surface area contributed by atoms with Crippen molar-refractivity contribution >= 4 is 10.1 Å². The molecule has 1 aromatic heterocycles. The number of rotatable bonds is 7. The highest BCUT2D eigenvalue weighted by atomic mass is 32.2. The number of hydrogen-bond donors (Lipinski definition) is 0. The van der Waals surface area contributed by atoms with Gasteiger partial charge in [-0.15, -0.1) is 0 Å². The van der Waals surface area contributed by atoms with Gasteiger partial charge in [-0.05, 0) is 24.3 Å². The summed E-state index contributed by atoms with van der Waals surface area (Å²) in [5, 5.41) is 4.09. The predicted octanol–water partition coefficient (Wildman–Crippen LogP) is 0.531. The van der Waals surface area contributed by atoms with Crippen molar-refractivity contribution in [2.45, 2.75) is 18.4 Å². The third-order valence-corrected chi connectivity index (χ3v) is 4.26. The van der Waals surface area contributed by atoms with E-state index in [0.29, 0.717) is 5.75 Å². The number of aromatic nitrogens is 3. The van der Waals surface area contributed by atoms with Gasteiger partial charge in [0.25, 0.3) is 10.1 Å². The molecule has 0 saturated carbocycles. The van der Waals surface area contributed by atoms with E-state index in [1.54, 1.807) is 30.3 Å². The third-order valence-electron chi connectivity index (χ3n) is 3.69. The lowest BCUT2D eigenvalue weighted by Gasteiger charge is -2.28. The highest BCUT2D eigenvalue weighted by molar-refractivity contribution is 7.85. The van der Waals surface area contributed by atoms with Crippen molar-refractivity contribution in [1.82, 2.24) is 14.8 Å². The number of hydrogen-bond acceptors (Lipinski definition) is 8. The Hall–Kier alpha value is -2.01. The van der Waals surface area contributed by atoms with Gasteiger partial charge in [-0.1, -0.05) is 0 Å². The second kappa shape index (κ2) is 7.08. The van der Waals surface area contributed by atoms with Crippen LogP contribution in [-0.4, -0.2) is 55.9 Å². The Morgan fingerprint density at radius 1 is 1.36 bits per heavy atom. The molecule has 0 N–H and O–H groups in total. The molecule has 2 unspecified atom stereocenters. The molecular formula is C15H19N3O6S. The first-order valence-corrected chi connectivity index (χ1v) is 9.35. The minimum Gasteiger partial charge on any atom is -0.497 e. The van der Waals surface area contributed by atoms with Gasteiger partial charge < -0.3 is 14.2 Å². The van der Waals surface area contributed by atoms with Crippen LogP contribution in [-0.2, 0) is 36.1 Å². The zero-order valence-electron chi connectivity index (χ0n) is 13.9. The summed E-state index contributed by atoms with van der Waals surface area (Å²) in [6.07, 6.45) is 3.44. The molecule has 1 saturated heterocycles. The summed E-state index contributed by atoms with van der Waals surface area (Å²) in [6, 6.07) is 7.25. The molecule has 2 aromatic rings. The van der Waals surface area contributed by atoms with Gasteiger partial charge in [-0.2, -0.15) is 13.5 Å². The van der Waals surface area contributed by atoms with Crippen LogP contribution in [0.2, 0.25) is 0 Å². The fourth-order valence-corrected chi connectivity index (χ4v) is 2.94. The fourth-order valence-electron chi connectivity index (χ4n) is 2.54. The molecule has 0 bridgehead atoms.